The molecule has 2 amide bonds. The number of nitrogens with zero attached hydrogens (tertiary/aromatic N) is 5. The third-order valence-corrected chi connectivity index (χ3v) is 3.69. The van der Waals surface area contributed by atoms with Gasteiger partial charge in [-0.3, -0.25) is 9.59 Å². The van der Waals surface area contributed by atoms with Crippen LogP contribution in [-0.2, 0) is 4.79 Å². The maximum absolute atomic E-state index is 12.1. The van der Waals surface area contributed by atoms with Crippen molar-refractivity contribution in [3.05, 3.63) is 18.0 Å². The summed E-state index contributed by atoms with van der Waals surface area (Å²) in [6.45, 7) is 4.19. The Kier molecular flexibility index (Phi) is 6.28. The van der Waals surface area contributed by atoms with E-state index >= 15 is 0 Å². The van der Waals surface area contributed by atoms with Crippen molar-refractivity contribution in [3.63, 3.8) is 0 Å². The highest BCUT2D eigenvalue weighted by Gasteiger charge is 2.18. The fourth-order valence-corrected chi connectivity index (χ4v) is 2.34. The second kappa shape index (κ2) is 8.42. The average molecular weight is 320 g/mol. The van der Waals surface area contributed by atoms with Gasteiger partial charge in [-0.05, 0) is 33.1 Å². The van der Waals surface area contributed by atoms with Crippen LogP contribution in [0.1, 0.15) is 16.9 Å². The van der Waals surface area contributed by atoms with Crippen LogP contribution in [0.4, 0.5) is 5.95 Å². The van der Waals surface area contributed by atoms with Crippen molar-refractivity contribution < 1.29 is 9.59 Å². The Balaban J connectivity index is 1.89. The van der Waals surface area contributed by atoms with Gasteiger partial charge in [-0.2, -0.15) is 0 Å². The molecule has 126 valence electrons. The van der Waals surface area contributed by atoms with E-state index in [2.05, 4.69) is 20.2 Å². The lowest BCUT2D eigenvalue weighted by Gasteiger charge is -2.32. The summed E-state index contributed by atoms with van der Waals surface area (Å²) in [6.07, 6.45) is 3.35. The lowest BCUT2D eigenvalue weighted by molar-refractivity contribution is -0.118. The second-order valence-electron chi connectivity index (χ2n) is 5.78. The fraction of sp³-hybridized carbons (Fsp3) is 0.600. The van der Waals surface area contributed by atoms with E-state index in [9.17, 15) is 9.59 Å². The number of carbonyl (C=O) groups is 2. The van der Waals surface area contributed by atoms with Crippen LogP contribution >= 0.6 is 0 Å². The summed E-state index contributed by atoms with van der Waals surface area (Å²) in [6, 6.07) is 1.62. The third-order valence-electron chi connectivity index (χ3n) is 3.69. The molecule has 1 saturated heterocycles. The Morgan fingerprint density at radius 1 is 1.35 bits per heavy atom. The molecule has 23 heavy (non-hydrogen) atoms. The van der Waals surface area contributed by atoms with Crippen molar-refractivity contribution in [3.8, 4) is 0 Å². The number of piperazine rings is 1. The van der Waals surface area contributed by atoms with E-state index in [0.717, 1.165) is 19.4 Å². The number of aromatic nitrogens is 2. The summed E-state index contributed by atoms with van der Waals surface area (Å²) in [5.74, 6) is 0.357. The van der Waals surface area contributed by atoms with Crippen LogP contribution < -0.4 is 10.2 Å². The number of nitrogens with one attached hydrogen (secondary N) is 1. The fourth-order valence-electron chi connectivity index (χ4n) is 2.34. The maximum Gasteiger partial charge on any atom is 0.270 e. The molecule has 0 unspecified atom stereocenters. The zero-order chi connectivity index (χ0) is 16.7. The molecule has 8 heteroatoms. The molecule has 0 aromatic carbocycles. The van der Waals surface area contributed by atoms with Gasteiger partial charge in [0.1, 0.15) is 5.69 Å². The average Bonchev–Trinajstić information content (AvgIpc) is 2.58. The Bertz CT molecular complexity index is 528. The van der Waals surface area contributed by atoms with Gasteiger partial charge in [0.05, 0.1) is 0 Å². The maximum atomic E-state index is 12.1. The van der Waals surface area contributed by atoms with Gasteiger partial charge in [0, 0.05) is 38.9 Å². The molecule has 1 aliphatic rings. The topological polar surface area (TPSA) is 81.7 Å². The van der Waals surface area contributed by atoms with E-state index in [1.54, 1.807) is 17.2 Å². The molecule has 1 N–H and O–H groups in total. The van der Waals surface area contributed by atoms with E-state index in [1.165, 1.54) is 0 Å². The van der Waals surface area contributed by atoms with E-state index in [-0.39, 0.29) is 5.91 Å². The molecule has 0 atom stereocenters. The zero-order valence-corrected chi connectivity index (χ0v) is 13.7. The van der Waals surface area contributed by atoms with Gasteiger partial charge in [-0.1, -0.05) is 0 Å². The summed E-state index contributed by atoms with van der Waals surface area (Å²) in [4.78, 5) is 37.2. The van der Waals surface area contributed by atoms with Crippen LogP contribution in [0, 0.1) is 0 Å². The highest BCUT2D eigenvalue weighted by Crippen LogP contribution is 2.10. The molecule has 1 aliphatic heterocycles. The Morgan fingerprint density at radius 2 is 2.09 bits per heavy atom. The first-order chi connectivity index (χ1) is 11.1. The Hall–Kier alpha value is -2.22. The number of amides is 2. The molecular formula is C15H24N6O2. The van der Waals surface area contributed by atoms with Gasteiger partial charge in [0.25, 0.3) is 5.91 Å². The van der Waals surface area contributed by atoms with E-state index in [1.807, 2.05) is 19.0 Å². The molecule has 0 spiro atoms. The van der Waals surface area contributed by atoms with Gasteiger partial charge < -0.3 is 20.0 Å². The quantitative estimate of drug-likeness (QED) is 0.536. The van der Waals surface area contributed by atoms with Crippen LogP contribution in [0.25, 0.3) is 0 Å². The lowest BCUT2D eigenvalue weighted by atomic mass is 10.3. The zero-order valence-electron chi connectivity index (χ0n) is 13.7. The second-order valence-corrected chi connectivity index (χ2v) is 5.78. The van der Waals surface area contributed by atoms with Crippen LogP contribution in [0.5, 0.6) is 0 Å². The number of anilines is 1. The number of hydrogen-bond acceptors (Lipinski definition) is 6. The minimum atomic E-state index is -0.182. The van der Waals surface area contributed by atoms with Gasteiger partial charge >= 0.3 is 0 Å². The van der Waals surface area contributed by atoms with Crippen LogP contribution in [0.3, 0.4) is 0 Å². The normalized spacial score (nSPS) is 14.9. The smallest absolute Gasteiger partial charge is 0.270 e. The number of hydrogen-bond donors (Lipinski definition) is 1. The third kappa shape index (κ3) is 5.17. The van der Waals surface area contributed by atoms with Crippen molar-refractivity contribution in [1.82, 2.24) is 25.1 Å². The Labute approximate surface area is 136 Å². The van der Waals surface area contributed by atoms with Crippen molar-refractivity contribution in [2.75, 3.05) is 58.3 Å². The SMILES string of the molecule is CN(C)CCCNC(=O)c1ccnc(N2CCN(C=O)CC2)n1. The summed E-state index contributed by atoms with van der Waals surface area (Å²) in [5, 5.41) is 2.87. The van der Waals surface area contributed by atoms with Crippen LogP contribution in [-0.4, -0.2) is 85.4 Å². The number of carbonyl (C=O) groups excluding carboxylic acids is 2. The molecule has 2 heterocycles. The van der Waals surface area contributed by atoms with E-state index in [4.69, 9.17) is 0 Å². The van der Waals surface area contributed by atoms with Gasteiger partial charge in [-0.25, -0.2) is 9.97 Å². The lowest BCUT2D eigenvalue weighted by Crippen LogP contribution is -2.46. The summed E-state index contributed by atoms with van der Waals surface area (Å²) >= 11 is 0. The molecule has 0 saturated carbocycles. The Morgan fingerprint density at radius 3 is 2.74 bits per heavy atom. The highest BCUT2D eigenvalue weighted by atomic mass is 16.2. The van der Waals surface area contributed by atoms with E-state index in [0.29, 0.717) is 44.4 Å². The molecule has 0 radical (unpaired) electrons. The molecule has 8 nitrogen and oxygen atoms in total. The highest BCUT2D eigenvalue weighted by molar-refractivity contribution is 5.92. The van der Waals surface area contributed by atoms with Crippen molar-refractivity contribution >= 4 is 18.3 Å². The first-order valence-corrected chi connectivity index (χ1v) is 7.80. The predicted molar refractivity (Wildman–Crippen MR) is 87.4 cm³/mol. The van der Waals surface area contributed by atoms with Gasteiger partial charge in [-0.15, -0.1) is 0 Å². The first-order valence-electron chi connectivity index (χ1n) is 7.80. The predicted octanol–water partition coefficient (Wildman–Crippen LogP) is -0.563. The summed E-state index contributed by atoms with van der Waals surface area (Å²) in [5.41, 5.74) is 0.373. The van der Waals surface area contributed by atoms with Crippen molar-refractivity contribution in [1.29, 1.82) is 0 Å². The molecule has 0 aliphatic carbocycles. The van der Waals surface area contributed by atoms with Crippen LogP contribution in [0.2, 0.25) is 0 Å². The summed E-state index contributed by atoms with van der Waals surface area (Å²) in [7, 11) is 4.01. The molecule has 0 bridgehead atoms. The molecular weight excluding hydrogens is 296 g/mol. The molecule has 2 rings (SSSR count). The van der Waals surface area contributed by atoms with E-state index < -0.39 is 0 Å². The van der Waals surface area contributed by atoms with Crippen molar-refractivity contribution in [2.45, 2.75) is 6.42 Å². The number of rotatable bonds is 7. The standard InChI is InChI=1S/C15H24N6O2/c1-19(2)7-3-5-16-14(23)13-4-6-17-15(18-13)21-10-8-20(12-22)9-11-21/h4,6,12H,3,5,7-11H2,1-2H3,(H,16,23). The minimum Gasteiger partial charge on any atom is -0.351 e. The minimum absolute atomic E-state index is 0.182. The first kappa shape index (κ1) is 17.1. The summed E-state index contributed by atoms with van der Waals surface area (Å²) < 4.78 is 0. The molecule has 1 aromatic heterocycles. The van der Waals surface area contributed by atoms with Gasteiger partial charge in [0.2, 0.25) is 12.4 Å². The molecule has 1 aromatic rings. The van der Waals surface area contributed by atoms with Gasteiger partial charge in [0.15, 0.2) is 0 Å². The monoisotopic (exact) mass is 320 g/mol. The largest absolute Gasteiger partial charge is 0.351 e. The molecule has 1 fully saturated rings. The van der Waals surface area contributed by atoms with Crippen LogP contribution in [0.15, 0.2) is 12.3 Å². The van der Waals surface area contributed by atoms with Crippen molar-refractivity contribution in [2.24, 2.45) is 0 Å².